The second kappa shape index (κ2) is 12.1. The number of ether oxygens (including phenoxy) is 1. The average Bonchev–Trinajstić information content (AvgIpc) is 3.18. The average molecular weight is 497 g/mol. The molecule has 0 radical (unpaired) electrons. The minimum absolute atomic E-state index is 0.0769. The molecule has 192 valence electrons. The van der Waals surface area contributed by atoms with Crippen molar-refractivity contribution in [2.45, 2.75) is 65.6 Å². The number of benzene rings is 1. The molecule has 2 N–H and O–H groups in total. The first-order valence-corrected chi connectivity index (χ1v) is 12.1. The molecule has 0 aliphatic carbocycles. The Morgan fingerprint density at radius 2 is 1.97 bits per heavy atom. The topological polar surface area (TPSA) is 125 Å². The molecule has 2 heterocycles. The fourth-order valence-corrected chi connectivity index (χ4v) is 4.16. The van der Waals surface area contributed by atoms with Gasteiger partial charge < -0.3 is 20.3 Å². The van der Waals surface area contributed by atoms with E-state index in [0.717, 1.165) is 16.0 Å². The molecule has 5 amide bonds. The summed E-state index contributed by atoms with van der Waals surface area (Å²) >= 11 is 0. The van der Waals surface area contributed by atoms with Gasteiger partial charge in [0.2, 0.25) is 5.91 Å². The summed E-state index contributed by atoms with van der Waals surface area (Å²) in [7, 11) is 0. The van der Waals surface area contributed by atoms with Crippen LogP contribution in [0.1, 0.15) is 67.9 Å². The Hall–Kier alpha value is -3.95. The van der Waals surface area contributed by atoms with Crippen molar-refractivity contribution in [2.75, 3.05) is 6.73 Å². The van der Waals surface area contributed by atoms with Gasteiger partial charge in [0, 0.05) is 37.2 Å². The number of carbonyl (C=O) groups excluding carboxylic acids is 5. The number of nitrogens with one attached hydrogen (secondary N) is 2. The van der Waals surface area contributed by atoms with E-state index in [2.05, 4.69) is 10.6 Å². The van der Waals surface area contributed by atoms with E-state index in [4.69, 9.17) is 4.74 Å². The van der Waals surface area contributed by atoms with E-state index in [9.17, 15) is 24.0 Å². The summed E-state index contributed by atoms with van der Waals surface area (Å²) in [5.41, 5.74) is 2.71. The van der Waals surface area contributed by atoms with Crippen molar-refractivity contribution in [3.8, 4) is 0 Å². The molecule has 1 aromatic carbocycles. The van der Waals surface area contributed by atoms with E-state index in [1.165, 1.54) is 4.90 Å². The van der Waals surface area contributed by atoms with E-state index < -0.39 is 30.6 Å². The van der Waals surface area contributed by atoms with Crippen LogP contribution in [0, 0.1) is 0 Å². The van der Waals surface area contributed by atoms with Crippen molar-refractivity contribution in [3.05, 3.63) is 58.8 Å². The number of likely N-dealkylation sites (tertiary alicyclic amines) is 1. The molecule has 2 aliphatic heterocycles. The lowest BCUT2D eigenvalue weighted by Gasteiger charge is -2.34. The van der Waals surface area contributed by atoms with Gasteiger partial charge in [-0.05, 0) is 50.0 Å². The van der Waals surface area contributed by atoms with Gasteiger partial charge in [0.05, 0.1) is 0 Å². The van der Waals surface area contributed by atoms with E-state index in [0.29, 0.717) is 17.7 Å². The van der Waals surface area contributed by atoms with Crippen LogP contribution in [0.5, 0.6) is 0 Å². The molecular formula is C26H32N4O6. The Labute approximate surface area is 210 Å². The number of hydrogen-bond acceptors (Lipinski definition) is 6. The molecule has 2 aliphatic rings. The molecule has 0 aromatic heterocycles. The molecule has 1 atom stereocenters. The van der Waals surface area contributed by atoms with Gasteiger partial charge in [-0.15, -0.1) is 0 Å². The third-order valence-corrected chi connectivity index (χ3v) is 6.04. The van der Waals surface area contributed by atoms with Crippen molar-refractivity contribution < 1.29 is 28.7 Å². The Bertz CT molecular complexity index is 1110. The fraction of sp³-hybridized carbons (Fsp3) is 0.423. The maximum atomic E-state index is 13.1. The number of piperidine rings is 1. The van der Waals surface area contributed by atoms with Crippen LogP contribution >= 0.6 is 0 Å². The predicted molar refractivity (Wildman–Crippen MR) is 131 cm³/mol. The van der Waals surface area contributed by atoms with Crippen LogP contribution < -0.4 is 10.6 Å². The molecule has 1 fully saturated rings. The summed E-state index contributed by atoms with van der Waals surface area (Å²) in [4.78, 5) is 64.6. The highest BCUT2D eigenvalue weighted by Gasteiger charge is 2.43. The monoisotopic (exact) mass is 496 g/mol. The summed E-state index contributed by atoms with van der Waals surface area (Å²) < 4.78 is 5.06. The van der Waals surface area contributed by atoms with Crippen molar-refractivity contribution in [2.24, 2.45) is 0 Å². The number of esters is 1. The molecule has 36 heavy (non-hydrogen) atoms. The zero-order chi connectivity index (χ0) is 26.2. The van der Waals surface area contributed by atoms with E-state index in [1.54, 1.807) is 24.3 Å². The van der Waals surface area contributed by atoms with Crippen LogP contribution in [-0.2, 0) is 32.2 Å². The third-order valence-electron chi connectivity index (χ3n) is 6.04. The molecule has 10 nitrogen and oxygen atoms in total. The molecular weight excluding hydrogens is 464 g/mol. The van der Waals surface area contributed by atoms with Gasteiger partial charge in [-0.1, -0.05) is 31.2 Å². The lowest BCUT2D eigenvalue weighted by atomic mass is 10.0. The number of allylic oxidation sites excluding steroid dienone is 3. The number of hydrogen-bond donors (Lipinski definition) is 2. The van der Waals surface area contributed by atoms with Gasteiger partial charge >= 0.3 is 12.0 Å². The minimum Gasteiger partial charge on any atom is -0.444 e. The van der Waals surface area contributed by atoms with Crippen LogP contribution in [0.15, 0.2) is 42.1 Å². The van der Waals surface area contributed by atoms with E-state index in [1.807, 2.05) is 32.9 Å². The Morgan fingerprint density at radius 3 is 2.67 bits per heavy atom. The maximum absolute atomic E-state index is 13.1. The number of amides is 5. The smallest absolute Gasteiger partial charge is 0.319 e. The number of nitrogens with zero attached hydrogens (tertiary/aromatic N) is 2. The van der Waals surface area contributed by atoms with Crippen LogP contribution in [0.25, 0.3) is 0 Å². The molecule has 0 spiro atoms. The second-order valence-electron chi connectivity index (χ2n) is 8.59. The highest BCUT2D eigenvalue weighted by atomic mass is 16.5. The molecule has 0 bridgehead atoms. The van der Waals surface area contributed by atoms with Crippen LogP contribution in [0.4, 0.5) is 4.79 Å². The molecule has 1 unspecified atom stereocenters. The highest BCUT2D eigenvalue weighted by molar-refractivity contribution is 6.05. The van der Waals surface area contributed by atoms with Gasteiger partial charge in [-0.25, -0.2) is 9.69 Å². The number of urea groups is 1. The lowest BCUT2D eigenvalue weighted by molar-refractivity contribution is -0.164. The van der Waals surface area contributed by atoms with Crippen molar-refractivity contribution in [3.63, 3.8) is 0 Å². The lowest BCUT2D eigenvalue weighted by Crippen LogP contribution is -2.55. The molecule has 1 saturated heterocycles. The van der Waals surface area contributed by atoms with E-state index in [-0.39, 0.29) is 44.3 Å². The normalized spacial score (nSPS) is 18.0. The van der Waals surface area contributed by atoms with Crippen LogP contribution in [-0.4, -0.2) is 52.3 Å². The summed E-state index contributed by atoms with van der Waals surface area (Å²) in [6.45, 7) is 5.54. The van der Waals surface area contributed by atoms with Crippen molar-refractivity contribution in [1.82, 2.24) is 20.4 Å². The Kier molecular flexibility index (Phi) is 8.99. The second-order valence-corrected chi connectivity index (χ2v) is 8.59. The summed E-state index contributed by atoms with van der Waals surface area (Å²) in [6.07, 6.45) is 6.48. The summed E-state index contributed by atoms with van der Waals surface area (Å²) in [6, 6.07) is 4.11. The van der Waals surface area contributed by atoms with Crippen LogP contribution in [0.3, 0.4) is 0 Å². The summed E-state index contributed by atoms with van der Waals surface area (Å²) in [5, 5.41) is 5.53. The quantitative estimate of drug-likeness (QED) is 0.308. The van der Waals surface area contributed by atoms with Gasteiger partial charge in [-0.2, -0.15) is 0 Å². The molecule has 1 aromatic rings. The summed E-state index contributed by atoms with van der Waals surface area (Å²) in [5.74, 6) is -1.74. The standard InChI is InChI=1S/C26H32N4O6/c1-4-7-19(6-3)28-26(35)27-14-17-9-10-20-18(13-17)15-29(24(20)33)21-11-12-22(31)30(25(21)34)16-36-23(32)8-5-2/h4,6-7,9-10,13,21H,5,8,11-12,14-16H2,1-3H3,(H2,27,28,35)/b7-4-,19-6+. The van der Waals surface area contributed by atoms with Gasteiger partial charge in [0.1, 0.15) is 6.04 Å². The minimum atomic E-state index is -0.814. The first kappa shape index (κ1) is 26.7. The van der Waals surface area contributed by atoms with Crippen molar-refractivity contribution in [1.29, 1.82) is 0 Å². The zero-order valence-electron chi connectivity index (χ0n) is 20.8. The van der Waals surface area contributed by atoms with Crippen molar-refractivity contribution >= 4 is 29.7 Å². The maximum Gasteiger partial charge on any atom is 0.319 e. The van der Waals surface area contributed by atoms with Gasteiger partial charge in [0.25, 0.3) is 11.8 Å². The first-order chi connectivity index (χ1) is 17.3. The molecule has 3 rings (SSSR count). The Morgan fingerprint density at radius 1 is 1.19 bits per heavy atom. The van der Waals surface area contributed by atoms with Crippen LogP contribution in [0.2, 0.25) is 0 Å². The number of carbonyl (C=O) groups is 5. The largest absolute Gasteiger partial charge is 0.444 e. The first-order valence-electron chi connectivity index (χ1n) is 12.1. The van der Waals surface area contributed by atoms with Gasteiger partial charge in [-0.3, -0.25) is 19.2 Å². The van der Waals surface area contributed by atoms with Gasteiger partial charge in [0.15, 0.2) is 6.73 Å². The molecule has 0 saturated carbocycles. The van der Waals surface area contributed by atoms with E-state index >= 15 is 0 Å². The number of fused-ring (bicyclic) bond motifs is 1. The predicted octanol–water partition coefficient (Wildman–Crippen LogP) is 2.74. The Balaban J connectivity index is 1.64. The third kappa shape index (κ3) is 6.18. The number of imide groups is 1. The fourth-order valence-electron chi connectivity index (χ4n) is 4.16. The highest BCUT2D eigenvalue weighted by Crippen LogP contribution is 2.29. The zero-order valence-corrected chi connectivity index (χ0v) is 20.8. The number of rotatable bonds is 9. The molecule has 10 heteroatoms. The SMILES string of the molecule is C/C=C\C(=C/C)NC(=O)NCc1ccc2c(c1)CN(C1CCC(=O)N(COC(=O)CCC)C1=O)C2=O.